The van der Waals surface area contributed by atoms with E-state index in [0.29, 0.717) is 44.7 Å². The molecule has 1 aromatic heterocycles. The molecule has 1 N–H and O–H groups in total. The first kappa shape index (κ1) is 24.6. The molecule has 0 saturated carbocycles. The summed E-state index contributed by atoms with van der Waals surface area (Å²) in [6.07, 6.45) is -0.276. The molecule has 184 valence electrons. The lowest BCUT2D eigenvalue weighted by molar-refractivity contribution is -0.181. The van der Waals surface area contributed by atoms with Crippen LogP contribution in [0.1, 0.15) is 54.4 Å². The number of morpholine rings is 1. The van der Waals surface area contributed by atoms with E-state index >= 15 is 0 Å². The molecule has 34 heavy (non-hydrogen) atoms. The van der Waals surface area contributed by atoms with Crippen LogP contribution in [0, 0.1) is 5.82 Å². The molecule has 6 nitrogen and oxygen atoms in total. The predicted molar refractivity (Wildman–Crippen MR) is 120 cm³/mol. The number of nitrogens with zero attached hydrogens (tertiary/aromatic N) is 3. The van der Waals surface area contributed by atoms with Crippen molar-refractivity contribution in [3.8, 4) is 0 Å². The number of aromatic nitrogens is 1. The van der Waals surface area contributed by atoms with Crippen LogP contribution in [0.4, 0.5) is 13.2 Å². The van der Waals surface area contributed by atoms with Crippen molar-refractivity contribution in [1.29, 1.82) is 0 Å². The van der Waals surface area contributed by atoms with Crippen LogP contribution in [0.25, 0.3) is 0 Å². The Hall–Kier alpha value is -2.49. The van der Waals surface area contributed by atoms with Crippen LogP contribution in [-0.4, -0.2) is 70.5 Å². The number of rotatable bonds is 5. The lowest BCUT2D eigenvalue weighted by atomic mass is 9.87. The number of pyridine rings is 1. The number of ether oxygens (including phenoxy) is 1. The molecule has 2 aromatic rings. The van der Waals surface area contributed by atoms with Crippen molar-refractivity contribution < 1.29 is 27.8 Å². The molecule has 0 radical (unpaired) electrons. The Morgan fingerprint density at radius 1 is 1.26 bits per heavy atom. The number of piperidine rings is 1. The summed E-state index contributed by atoms with van der Waals surface area (Å²) >= 11 is 0. The average molecular weight is 478 g/mol. The highest BCUT2D eigenvalue weighted by Gasteiger charge is 2.45. The highest BCUT2D eigenvalue weighted by atomic mass is 19.3. The second-order valence-electron chi connectivity index (χ2n) is 9.68. The Morgan fingerprint density at radius 3 is 2.59 bits per heavy atom. The van der Waals surface area contributed by atoms with E-state index in [1.165, 1.54) is 26.0 Å². The van der Waals surface area contributed by atoms with Crippen LogP contribution in [-0.2, 0) is 10.3 Å². The average Bonchev–Trinajstić information content (AvgIpc) is 2.78. The Morgan fingerprint density at radius 2 is 2.00 bits per heavy atom. The lowest BCUT2D eigenvalue weighted by Gasteiger charge is -2.49. The summed E-state index contributed by atoms with van der Waals surface area (Å²) in [7, 11) is 0. The van der Waals surface area contributed by atoms with Crippen molar-refractivity contribution in [1.82, 2.24) is 14.8 Å². The van der Waals surface area contributed by atoms with Gasteiger partial charge in [-0.15, -0.1) is 0 Å². The van der Waals surface area contributed by atoms with Gasteiger partial charge < -0.3 is 14.7 Å². The smallest absolute Gasteiger partial charge is 0.253 e. The molecular formula is C25H30F3N3O3. The van der Waals surface area contributed by atoms with Gasteiger partial charge in [-0.1, -0.05) is 12.1 Å². The van der Waals surface area contributed by atoms with Gasteiger partial charge in [-0.05, 0) is 51.0 Å². The summed E-state index contributed by atoms with van der Waals surface area (Å²) in [6.45, 7) is 4.05. The Kier molecular flexibility index (Phi) is 6.98. The quantitative estimate of drug-likeness (QED) is 0.711. The van der Waals surface area contributed by atoms with Crippen molar-refractivity contribution >= 4 is 5.91 Å². The fourth-order valence-corrected chi connectivity index (χ4v) is 4.86. The molecule has 2 fully saturated rings. The first-order valence-electron chi connectivity index (χ1n) is 11.5. The zero-order valence-electron chi connectivity index (χ0n) is 19.4. The van der Waals surface area contributed by atoms with E-state index in [1.54, 1.807) is 22.1 Å². The SMILES string of the molecule is CC(C)(O)c1ccc(C(=O)N2CCC3(CC2)CN(CC(F)F)CC(c2ccccn2)O3)cc1F. The molecule has 4 rings (SSSR count). The monoisotopic (exact) mass is 477 g/mol. The summed E-state index contributed by atoms with van der Waals surface area (Å²) in [5, 5.41) is 10.1. The minimum atomic E-state index is -2.46. The summed E-state index contributed by atoms with van der Waals surface area (Å²) < 4.78 is 47.3. The van der Waals surface area contributed by atoms with Gasteiger partial charge in [0.25, 0.3) is 12.3 Å². The number of amides is 1. The van der Waals surface area contributed by atoms with Crippen molar-refractivity contribution in [2.45, 2.75) is 50.4 Å². The van der Waals surface area contributed by atoms with Gasteiger partial charge in [-0.2, -0.15) is 0 Å². The maximum Gasteiger partial charge on any atom is 0.253 e. The maximum atomic E-state index is 14.5. The van der Waals surface area contributed by atoms with Crippen LogP contribution in [0.15, 0.2) is 42.6 Å². The van der Waals surface area contributed by atoms with Gasteiger partial charge >= 0.3 is 0 Å². The molecule has 0 bridgehead atoms. The number of aliphatic hydroxyl groups is 1. The number of carbonyl (C=O) groups excluding carboxylic acids is 1. The summed E-state index contributed by atoms with van der Waals surface area (Å²) in [5.41, 5.74) is -0.993. The molecule has 1 amide bonds. The Labute approximate surface area is 197 Å². The number of benzene rings is 1. The molecule has 2 aliphatic rings. The van der Waals surface area contributed by atoms with Crippen LogP contribution >= 0.6 is 0 Å². The molecule has 3 heterocycles. The highest BCUT2D eigenvalue weighted by Crippen LogP contribution is 2.38. The van der Waals surface area contributed by atoms with Crippen LogP contribution in [0.2, 0.25) is 0 Å². The molecule has 1 spiro atoms. The van der Waals surface area contributed by atoms with Gasteiger partial charge in [-0.3, -0.25) is 14.7 Å². The summed E-state index contributed by atoms with van der Waals surface area (Å²) in [4.78, 5) is 20.7. The fraction of sp³-hybridized carbons (Fsp3) is 0.520. The van der Waals surface area contributed by atoms with Crippen molar-refractivity contribution in [3.63, 3.8) is 0 Å². The fourth-order valence-electron chi connectivity index (χ4n) is 4.86. The van der Waals surface area contributed by atoms with Crippen LogP contribution in [0.5, 0.6) is 0 Å². The molecule has 1 unspecified atom stereocenters. The zero-order chi connectivity index (χ0) is 24.5. The molecular weight excluding hydrogens is 447 g/mol. The third-order valence-electron chi connectivity index (χ3n) is 6.58. The number of alkyl halides is 2. The van der Waals surface area contributed by atoms with Crippen molar-refractivity contribution in [2.75, 3.05) is 32.7 Å². The zero-order valence-corrected chi connectivity index (χ0v) is 19.4. The number of halogens is 3. The van der Waals surface area contributed by atoms with E-state index in [2.05, 4.69) is 4.98 Å². The van der Waals surface area contributed by atoms with Gasteiger partial charge in [0.15, 0.2) is 0 Å². The van der Waals surface area contributed by atoms with Gasteiger partial charge in [0.05, 0.1) is 23.4 Å². The Balaban J connectivity index is 1.47. The lowest BCUT2D eigenvalue weighted by Crippen LogP contribution is -2.58. The molecule has 2 saturated heterocycles. The number of carbonyl (C=O) groups is 1. The van der Waals surface area contributed by atoms with E-state index in [0.717, 1.165) is 6.07 Å². The number of hydrogen-bond acceptors (Lipinski definition) is 5. The third-order valence-corrected chi connectivity index (χ3v) is 6.58. The third kappa shape index (κ3) is 5.42. The van der Waals surface area contributed by atoms with E-state index in [-0.39, 0.29) is 23.6 Å². The van der Waals surface area contributed by atoms with Gasteiger partial charge in [-0.25, -0.2) is 13.2 Å². The summed E-state index contributed by atoms with van der Waals surface area (Å²) in [5.74, 6) is -0.944. The first-order valence-corrected chi connectivity index (χ1v) is 11.5. The second kappa shape index (κ2) is 9.64. The number of hydrogen-bond donors (Lipinski definition) is 1. The molecule has 2 aliphatic heterocycles. The molecule has 1 aromatic carbocycles. The Bertz CT molecular complexity index is 1010. The van der Waals surface area contributed by atoms with Crippen LogP contribution in [0.3, 0.4) is 0 Å². The van der Waals surface area contributed by atoms with Crippen molar-refractivity contribution in [3.05, 3.63) is 65.2 Å². The second-order valence-corrected chi connectivity index (χ2v) is 9.68. The van der Waals surface area contributed by atoms with E-state index in [9.17, 15) is 23.1 Å². The van der Waals surface area contributed by atoms with Gasteiger partial charge in [0.1, 0.15) is 11.9 Å². The van der Waals surface area contributed by atoms with E-state index in [4.69, 9.17) is 4.74 Å². The number of likely N-dealkylation sites (tertiary alicyclic amines) is 1. The normalized spacial score (nSPS) is 21.3. The molecule has 0 aliphatic carbocycles. The van der Waals surface area contributed by atoms with Crippen LogP contribution < -0.4 is 0 Å². The van der Waals surface area contributed by atoms with Gasteiger partial charge in [0, 0.05) is 43.5 Å². The maximum absolute atomic E-state index is 14.5. The topological polar surface area (TPSA) is 65.9 Å². The van der Waals surface area contributed by atoms with Gasteiger partial charge in [0.2, 0.25) is 0 Å². The molecule has 9 heteroatoms. The minimum Gasteiger partial charge on any atom is -0.386 e. The predicted octanol–water partition coefficient (Wildman–Crippen LogP) is 3.76. The highest BCUT2D eigenvalue weighted by molar-refractivity contribution is 5.94. The van der Waals surface area contributed by atoms with E-state index in [1.807, 2.05) is 12.1 Å². The van der Waals surface area contributed by atoms with E-state index < -0.39 is 29.5 Å². The first-order chi connectivity index (χ1) is 16.1. The largest absolute Gasteiger partial charge is 0.386 e. The standard InChI is InChI=1S/C25H30F3N3O3/c1-24(2,33)18-7-6-17(13-19(18)26)23(32)31-11-8-25(9-12-31)16-30(15-22(27)28)14-21(34-25)20-5-3-4-10-29-20/h3-7,10,13,21-22,33H,8-9,11-12,14-16H2,1-2H3. The van der Waals surface area contributed by atoms with Crippen molar-refractivity contribution in [2.24, 2.45) is 0 Å². The summed E-state index contributed by atoms with van der Waals surface area (Å²) in [6, 6.07) is 9.56. The minimum absolute atomic E-state index is 0.122. The molecule has 1 atom stereocenters.